The van der Waals surface area contributed by atoms with Crippen LogP contribution in [0.2, 0.25) is 0 Å². The van der Waals surface area contributed by atoms with E-state index in [1.807, 2.05) is 91.0 Å². The van der Waals surface area contributed by atoms with Gasteiger partial charge in [0.05, 0.1) is 62.7 Å². The second-order valence-corrected chi connectivity index (χ2v) is 12.3. The van der Waals surface area contributed by atoms with Gasteiger partial charge in [-0.3, -0.25) is 0 Å². The summed E-state index contributed by atoms with van der Waals surface area (Å²) < 4.78 is 4.44. The zero-order chi connectivity index (χ0) is 33.8. The van der Waals surface area contributed by atoms with E-state index in [0.717, 1.165) is 77.2 Å². The van der Waals surface area contributed by atoms with Crippen LogP contribution in [-0.4, -0.2) is 9.13 Å². The summed E-state index contributed by atoms with van der Waals surface area (Å²) in [6, 6.07) is 57.8. The van der Waals surface area contributed by atoms with E-state index in [4.69, 9.17) is 0 Å². The minimum Gasteiger partial charge on any atom is -0.309 e. The third-order valence-corrected chi connectivity index (χ3v) is 9.63. The molecule has 230 valence electrons. The van der Waals surface area contributed by atoms with Gasteiger partial charge in [-0.15, -0.1) is 0 Å². The number of nitriles is 3. The summed E-state index contributed by atoms with van der Waals surface area (Å²) in [5, 5.41) is 34.1. The lowest BCUT2D eigenvalue weighted by molar-refractivity contribution is 1.18. The first kappa shape index (κ1) is 28.8. The molecule has 0 bridgehead atoms. The molecule has 7 aromatic carbocycles. The maximum Gasteiger partial charge on any atom is 0.0998 e. The van der Waals surface area contributed by atoms with Gasteiger partial charge in [0.15, 0.2) is 0 Å². The van der Waals surface area contributed by atoms with Crippen molar-refractivity contribution in [3.8, 4) is 51.8 Å². The Morgan fingerprint density at radius 2 is 1.08 bits per heavy atom. The summed E-state index contributed by atoms with van der Waals surface area (Å²) in [4.78, 5) is 0. The summed E-state index contributed by atoms with van der Waals surface area (Å²) in [5.74, 6) is 0. The fourth-order valence-electron chi connectivity index (χ4n) is 7.47. The zero-order valence-electron chi connectivity index (χ0n) is 26.7. The fourth-order valence-corrected chi connectivity index (χ4v) is 7.47. The Balaban J connectivity index is 1.19. The molecule has 2 heterocycles. The third-order valence-electron chi connectivity index (χ3n) is 9.63. The van der Waals surface area contributed by atoms with Crippen LogP contribution < -0.4 is 0 Å². The van der Waals surface area contributed by atoms with Crippen LogP contribution in [0, 0.1) is 34.0 Å². The van der Waals surface area contributed by atoms with Crippen LogP contribution in [0.15, 0.2) is 152 Å². The Morgan fingerprint density at radius 3 is 1.90 bits per heavy atom. The Labute approximate surface area is 287 Å². The molecule has 5 nitrogen and oxygen atoms in total. The van der Waals surface area contributed by atoms with Gasteiger partial charge in [-0.2, -0.15) is 15.8 Å². The highest BCUT2D eigenvalue weighted by molar-refractivity contribution is 6.12. The van der Waals surface area contributed by atoms with Crippen molar-refractivity contribution < 1.29 is 0 Å². The SMILES string of the molecule is N#Cc1ccc2c(c1)c1ccccc1n2-c1ccccc1-c1ccc(-c2cccc(-n3c4ccccc4c4c(C#N)cccc43)c2)c(C#N)c1. The highest BCUT2D eigenvalue weighted by Crippen LogP contribution is 2.39. The molecule has 9 aromatic rings. The van der Waals surface area contributed by atoms with Gasteiger partial charge >= 0.3 is 0 Å². The minimum atomic E-state index is 0.573. The van der Waals surface area contributed by atoms with Gasteiger partial charge in [0.2, 0.25) is 0 Å². The lowest BCUT2D eigenvalue weighted by atomic mass is 9.94. The summed E-state index contributed by atoms with van der Waals surface area (Å²) in [6.45, 7) is 0. The first-order chi connectivity index (χ1) is 24.7. The van der Waals surface area contributed by atoms with Crippen molar-refractivity contribution >= 4 is 43.6 Å². The van der Waals surface area contributed by atoms with Crippen molar-refractivity contribution in [3.63, 3.8) is 0 Å². The summed E-state index contributed by atoms with van der Waals surface area (Å²) in [7, 11) is 0. The molecule has 5 heteroatoms. The molecular formula is C45H25N5. The quantitative estimate of drug-likeness (QED) is 0.193. The molecule has 0 radical (unpaired) electrons. The molecule has 0 atom stereocenters. The van der Waals surface area contributed by atoms with E-state index in [9.17, 15) is 15.8 Å². The van der Waals surface area contributed by atoms with Crippen molar-refractivity contribution in [3.05, 3.63) is 168 Å². The number of hydrogen-bond donors (Lipinski definition) is 0. The number of benzene rings is 7. The van der Waals surface area contributed by atoms with Gasteiger partial charge < -0.3 is 9.13 Å². The van der Waals surface area contributed by atoms with Gasteiger partial charge in [-0.25, -0.2) is 0 Å². The standard InChI is InChI=1S/C45H25N5/c46-26-29-19-22-43-39(23-29)37-13-2-5-16-41(37)50(43)40-15-4-1-12-36(40)31-20-21-35(33(24-31)28-48)30-9-7-11-34(25-30)49-42-17-6-3-14-38(42)45-32(27-47)10-8-18-44(45)49/h1-25H. The van der Waals surface area contributed by atoms with Crippen molar-refractivity contribution in [2.45, 2.75) is 0 Å². The second kappa shape index (κ2) is 11.4. The van der Waals surface area contributed by atoms with E-state index >= 15 is 0 Å². The first-order valence-electron chi connectivity index (χ1n) is 16.3. The molecule has 0 saturated heterocycles. The number of para-hydroxylation sites is 3. The van der Waals surface area contributed by atoms with Crippen LogP contribution in [-0.2, 0) is 0 Å². The molecule has 50 heavy (non-hydrogen) atoms. The van der Waals surface area contributed by atoms with Crippen molar-refractivity contribution in [2.75, 3.05) is 0 Å². The Bertz CT molecular complexity index is 2970. The molecule has 0 unspecified atom stereocenters. The summed E-state index contributed by atoms with van der Waals surface area (Å²) >= 11 is 0. The smallest absolute Gasteiger partial charge is 0.0998 e. The van der Waals surface area contributed by atoms with Gasteiger partial charge in [0.25, 0.3) is 0 Å². The van der Waals surface area contributed by atoms with Gasteiger partial charge in [-0.1, -0.05) is 84.9 Å². The maximum absolute atomic E-state index is 10.5. The molecule has 0 saturated carbocycles. The van der Waals surface area contributed by atoms with Crippen LogP contribution in [0.3, 0.4) is 0 Å². The number of fused-ring (bicyclic) bond motifs is 6. The van der Waals surface area contributed by atoms with Crippen molar-refractivity contribution in [2.24, 2.45) is 0 Å². The molecule has 9 rings (SSSR count). The monoisotopic (exact) mass is 635 g/mol. The predicted molar refractivity (Wildman–Crippen MR) is 200 cm³/mol. The Morgan fingerprint density at radius 1 is 0.400 bits per heavy atom. The predicted octanol–water partition coefficient (Wildman–Crippen LogP) is 10.8. The van der Waals surface area contributed by atoms with Gasteiger partial charge in [-0.05, 0) is 83.4 Å². The lowest BCUT2D eigenvalue weighted by Gasteiger charge is -2.15. The van der Waals surface area contributed by atoms with Crippen LogP contribution in [0.4, 0.5) is 0 Å². The lowest BCUT2D eigenvalue weighted by Crippen LogP contribution is -1.98. The van der Waals surface area contributed by atoms with Crippen molar-refractivity contribution in [1.29, 1.82) is 15.8 Å². The topological polar surface area (TPSA) is 81.2 Å². The molecule has 0 aliphatic rings. The molecule has 0 aliphatic heterocycles. The van der Waals surface area contributed by atoms with E-state index in [1.54, 1.807) is 0 Å². The number of nitrogens with zero attached hydrogens (tertiary/aromatic N) is 5. The van der Waals surface area contributed by atoms with Gasteiger partial charge in [0.1, 0.15) is 0 Å². The van der Waals surface area contributed by atoms with Crippen LogP contribution in [0.25, 0.3) is 77.2 Å². The van der Waals surface area contributed by atoms with Crippen LogP contribution in [0.1, 0.15) is 16.7 Å². The van der Waals surface area contributed by atoms with E-state index in [-0.39, 0.29) is 0 Å². The zero-order valence-corrected chi connectivity index (χ0v) is 26.7. The van der Waals surface area contributed by atoms with E-state index < -0.39 is 0 Å². The second-order valence-electron chi connectivity index (χ2n) is 12.3. The first-order valence-corrected chi connectivity index (χ1v) is 16.3. The van der Waals surface area contributed by atoms with E-state index in [0.29, 0.717) is 16.7 Å². The molecule has 0 spiro atoms. The minimum absolute atomic E-state index is 0.573. The third kappa shape index (κ3) is 4.31. The summed E-state index contributed by atoms with van der Waals surface area (Å²) in [6.07, 6.45) is 0. The van der Waals surface area contributed by atoms with Crippen LogP contribution in [0.5, 0.6) is 0 Å². The molecule has 0 N–H and O–H groups in total. The average molecular weight is 636 g/mol. The number of aromatic nitrogens is 2. The molecule has 2 aromatic heterocycles. The molecule has 0 fully saturated rings. The average Bonchev–Trinajstić information content (AvgIpc) is 3.70. The Hall–Kier alpha value is -7.39. The molecule has 0 aliphatic carbocycles. The van der Waals surface area contributed by atoms with Gasteiger partial charge in [0, 0.05) is 32.8 Å². The highest BCUT2D eigenvalue weighted by Gasteiger charge is 2.18. The van der Waals surface area contributed by atoms with E-state index in [2.05, 4.69) is 88.0 Å². The molecular weight excluding hydrogens is 611 g/mol. The van der Waals surface area contributed by atoms with Crippen molar-refractivity contribution in [1.82, 2.24) is 9.13 Å². The highest BCUT2D eigenvalue weighted by atomic mass is 15.0. The summed E-state index contributed by atoms with van der Waals surface area (Å²) in [5.41, 5.74) is 11.5. The largest absolute Gasteiger partial charge is 0.309 e. The number of hydrogen-bond acceptors (Lipinski definition) is 3. The normalized spacial score (nSPS) is 11.1. The number of rotatable bonds is 4. The fraction of sp³-hybridized carbons (Fsp3) is 0. The molecule has 0 amide bonds. The maximum atomic E-state index is 10.5. The van der Waals surface area contributed by atoms with Crippen LogP contribution >= 0.6 is 0 Å². The Kier molecular flexibility index (Phi) is 6.56. The van der Waals surface area contributed by atoms with E-state index in [1.165, 1.54) is 0 Å².